The third-order valence-electron chi connectivity index (χ3n) is 7.18. The minimum absolute atomic E-state index is 0.109. The first-order valence-corrected chi connectivity index (χ1v) is 11.8. The summed E-state index contributed by atoms with van der Waals surface area (Å²) in [5.41, 5.74) is 0.671. The number of fused-ring (bicyclic) bond motifs is 5. The molecule has 0 radical (unpaired) electrons. The minimum atomic E-state index is -3.56. The summed E-state index contributed by atoms with van der Waals surface area (Å²) in [5.74, 6) is 3.00. The highest BCUT2D eigenvalue weighted by Gasteiger charge is 2.67. The monoisotopic (exact) mass is 404 g/mol. The lowest BCUT2D eigenvalue weighted by Crippen LogP contribution is -2.48. The number of nitrogens with one attached hydrogen (secondary N) is 1. The van der Waals surface area contributed by atoms with Crippen LogP contribution in [0.1, 0.15) is 33.1 Å². The highest BCUT2D eigenvalue weighted by Crippen LogP contribution is 2.69. The Kier molecular flexibility index (Phi) is 4.34. The van der Waals surface area contributed by atoms with Crippen molar-refractivity contribution in [1.82, 2.24) is 4.31 Å². The van der Waals surface area contributed by atoms with Crippen LogP contribution in [0.3, 0.4) is 0 Å². The van der Waals surface area contributed by atoms with E-state index < -0.39 is 10.0 Å². The highest BCUT2D eigenvalue weighted by molar-refractivity contribution is 7.89. The molecule has 6 nitrogen and oxygen atoms in total. The van der Waals surface area contributed by atoms with Gasteiger partial charge in [0, 0.05) is 24.7 Å². The molecule has 6 atom stereocenters. The van der Waals surface area contributed by atoms with E-state index >= 15 is 0 Å². The highest BCUT2D eigenvalue weighted by atomic mass is 32.2. The standard InChI is InChI=1S/C21H28N2O4S/c1-12-10-23(11-13(2)27-12)28(25,26)17-7-5-16(6-8-17)22-21(24)20-18-14-3-4-15(9-14)19(18)20/h5-8,12-15,18-20H,3-4,9-11H2,1-2H3,(H,22,24). The first kappa shape index (κ1) is 18.6. The Labute approximate surface area is 166 Å². The van der Waals surface area contributed by atoms with Crippen LogP contribution in [0.4, 0.5) is 5.69 Å². The van der Waals surface area contributed by atoms with E-state index in [1.807, 2.05) is 13.8 Å². The molecule has 152 valence electrons. The maximum absolute atomic E-state index is 12.9. The van der Waals surface area contributed by atoms with Gasteiger partial charge in [-0.1, -0.05) is 0 Å². The first-order valence-electron chi connectivity index (χ1n) is 10.4. The fraction of sp³-hybridized carbons (Fsp3) is 0.667. The first-order chi connectivity index (χ1) is 13.3. The second-order valence-electron chi connectivity index (χ2n) is 9.11. The summed E-state index contributed by atoms with van der Waals surface area (Å²) in [7, 11) is -3.56. The lowest BCUT2D eigenvalue weighted by Gasteiger charge is -2.34. The largest absolute Gasteiger partial charge is 0.373 e. The van der Waals surface area contributed by atoms with Crippen LogP contribution >= 0.6 is 0 Å². The molecular weight excluding hydrogens is 376 g/mol. The number of hydrogen-bond donors (Lipinski definition) is 1. The van der Waals surface area contributed by atoms with E-state index in [-0.39, 0.29) is 28.9 Å². The molecule has 1 aromatic carbocycles. The lowest BCUT2D eigenvalue weighted by atomic mass is 10.0. The smallest absolute Gasteiger partial charge is 0.243 e. The van der Waals surface area contributed by atoms with Gasteiger partial charge < -0.3 is 10.1 Å². The molecule has 4 fully saturated rings. The van der Waals surface area contributed by atoms with Crippen molar-refractivity contribution < 1.29 is 17.9 Å². The van der Waals surface area contributed by atoms with Gasteiger partial charge in [0.05, 0.1) is 17.1 Å². The van der Waals surface area contributed by atoms with Crippen LogP contribution in [0.5, 0.6) is 0 Å². The predicted octanol–water partition coefficient (Wildman–Crippen LogP) is 2.72. The summed E-state index contributed by atoms with van der Waals surface area (Å²) in [6.45, 7) is 4.49. The Bertz CT molecular complexity index is 858. The molecule has 5 rings (SSSR count). The maximum atomic E-state index is 12.9. The van der Waals surface area contributed by atoms with Crippen molar-refractivity contribution in [2.24, 2.45) is 29.6 Å². The van der Waals surface area contributed by atoms with E-state index in [4.69, 9.17) is 4.74 Å². The number of ether oxygens (including phenoxy) is 1. The summed E-state index contributed by atoms with van der Waals surface area (Å²) >= 11 is 0. The number of benzene rings is 1. The Morgan fingerprint density at radius 2 is 1.61 bits per heavy atom. The molecule has 7 heteroatoms. The molecule has 0 spiro atoms. The molecule has 3 saturated carbocycles. The van der Waals surface area contributed by atoms with Crippen molar-refractivity contribution in [2.75, 3.05) is 18.4 Å². The van der Waals surface area contributed by atoms with Gasteiger partial charge in [0.1, 0.15) is 0 Å². The summed E-state index contributed by atoms with van der Waals surface area (Å²) in [4.78, 5) is 12.9. The number of anilines is 1. The van der Waals surface area contributed by atoms with Gasteiger partial charge >= 0.3 is 0 Å². The quantitative estimate of drug-likeness (QED) is 0.837. The molecule has 1 aliphatic heterocycles. The van der Waals surface area contributed by atoms with Crippen molar-refractivity contribution >= 4 is 21.6 Å². The fourth-order valence-corrected chi connectivity index (χ4v) is 7.68. The molecule has 1 amide bonds. The Balaban J connectivity index is 1.25. The van der Waals surface area contributed by atoms with Crippen LogP contribution in [-0.4, -0.2) is 43.9 Å². The molecule has 1 saturated heterocycles. The number of nitrogens with zero attached hydrogens (tertiary/aromatic N) is 1. The van der Waals surface area contributed by atoms with Crippen molar-refractivity contribution in [3.05, 3.63) is 24.3 Å². The third-order valence-corrected chi connectivity index (χ3v) is 9.03. The van der Waals surface area contributed by atoms with Gasteiger partial charge in [0.25, 0.3) is 0 Å². The molecule has 6 unspecified atom stereocenters. The van der Waals surface area contributed by atoms with Crippen molar-refractivity contribution in [1.29, 1.82) is 0 Å². The van der Waals surface area contributed by atoms with E-state index in [2.05, 4.69) is 5.32 Å². The predicted molar refractivity (Wildman–Crippen MR) is 105 cm³/mol. The molecule has 4 aliphatic rings. The van der Waals surface area contributed by atoms with Crippen LogP contribution in [0, 0.1) is 29.6 Å². The zero-order valence-corrected chi connectivity index (χ0v) is 17.2. The number of rotatable bonds is 4. The molecule has 0 aromatic heterocycles. The average Bonchev–Trinajstić information content (AvgIpc) is 3.09. The Hall–Kier alpha value is -1.44. The van der Waals surface area contributed by atoms with Crippen molar-refractivity contribution in [3.8, 4) is 0 Å². The van der Waals surface area contributed by atoms with Crippen LogP contribution in [0.15, 0.2) is 29.2 Å². The SMILES string of the molecule is CC1CN(S(=O)(=O)c2ccc(NC(=O)C3C4C5CCC(C5)C34)cc2)CC(C)O1. The number of morpholine rings is 1. The summed E-state index contributed by atoms with van der Waals surface area (Å²) in [6, 6.07) is 6.58. The third kappa shape index (κ3) is 2.99. The topological polar surface area (TPSA) is 75.7 Å². The van der Waals surface area contributed by atoms with Gasteiger partial charge in [-0.2, -0.15) is 4.31 Å². The number of hydrogen-bond acceptors (Lipinski definition) is 4. The zero-order chi connectivity index (χ0) is 19.6. The van der Waals surface area contributed by atoms with Gasteiger partial charge in [-0.15, -0.1) is 0 Å². The van der Waals surface area contributed by atoms with Crippen molar-refractivity contribution in [2.45, 2.75) is 50.2 Å². The van der Waals surface area contributed by atoms with Crippen LogP contribution < -0.4 is 5.32 Å². The molecule has 1 aromatic rings. The van der Waals surface area contributed by atoms with Crippen LogP contribution in [0.2, 0.25) is 0 Å². The normalized spacial score (nSPS) is 39.6. The molecule has 3 aliphatic carbocycles. The number of carbonyl (C=O) groups excluding carboxylic acids is 1. The molecule has 1 heterocycles. The second kappa shape index (κ2) is 6.54. The summed E-state index contributed by atoms with van der Waals surface area (Å²) in [5, 5.41) is 3.01. The molecule has 2 bridgehead atoms. The fourth-order valence-electron chi connectivity index (χ4n) is 6.09. The van der Waals surface area contributed by atoms with E-state index in [0.29, 0.717) is 30.6 Å². The number of sulfonamides is 1. The number of amides is 1. The maximum Gasteiger partial charge on any atom is 0.243 e. The van der Waals surface area contributed by atoms with E-state index in [0.717, 1.165) is 11.8 Å². The van der Waals surface area contributed by atoms with E-state index in [1.54, 1.807) is 24.3 Å². The van der Waals surface area contributed by atoms with Gasteiger partial charge in [-0.05, 0) is 81.0 Å². The molecule has 28 heavy (non-hydrogen) atoms. The van der Waals surface area contributed by atoms with Gasteiger partial charge in [0.2, 0.25) is 15.9 Å². The second-order valence-corrected chi connectivity index (χ2v) is 11.0. The summed E-state index contributed by atoms with van der Waals surface area (Å²) in [6.07, 6.45) is 3.67. The Morgan fingerprint density at radius 1 is 1.04 bits per heavy atom. The van der Waals surface area contributed by atoms with Crippen LogP contribution in [0.25, 0.3) is 0 Å². The summed E-state index contributed by atoms with van der Waals surface area (Å²) < 4.78 is 33.0. The van der Waals surface area contributed by atoms with Crippen molar-refractivity contribution in [3.63, 3.8) is 0 Å². The average molecular weight is 405 g/mol. The van der Waals surface area contributed by atoms with E-state index in [9.17, 15) is 13.2 Å². The molecule has 1 N–H and O–H groups in total. The lowest BCUT2D eigenvalue weighted by molar-refractivity contribution is -0.118. The van der Waals surface area contributed by atoms with Gasteiger partial charge in [-0.25, -0.2) is 8.42 Å². The Morgan fingerprint density at radius 3 is 2.18 bits per heavy atom. The zero-order valence-electron chi connectivity index (χ0n) is 16.4. The minimum Gasteiger partial charge on any atom is -0.373 e. The molecular formula is C21H28N2O4S. The van der Waals surface area contributed by atoms with Gasteiger partial charge in [0.15, 0.2) is 0 Å². The van der Waals surface area contributed by atoms with Crippen LogP contribution in [-0.2, 0) is 19.6 Å². The van der Waals surface area contributed by atoms with Gasteiger partial charge in [-0.3, -0.25) is 4.79 Å². The number of carbonyl (C=O) groups is 1. The van der Waals surface area contributed by atoms with E-state index in [1.165, 1.54) is 23.6 Å².